The first kappa shape index (κ1) is 52.6. The van der Waals surface area contributed by atoms with Gasteiger partial charge in [0, 0.05) is 13.0 Å². The number of carbonyl (C=O) groups is 1. The maximum Gasteiger partial charge on any atom is 0.472 e. The molecule has 1 aliphatic carbocycles. The number of carbonyl (C=O) groups excluding carboxylic acids is 1. The molecule has 0 radical (unpaired) electrons. The fourth-order valence-corrected chi connectivity index (χ4v) is 7.45. The third-order valence-electron chi connectivity index (χ3n) is 10.0. The van der Waals surface area contributed by atoms with Gasteiger partial charge in [-0.25, -0.2) is 4.57 Å². The molecular weight excluding hydrogens is 739 g/mol. The van der Waals surface area contributed by atoms with Crippen molar-refractivity contribution in [2.24, 2.45) is 0 Å². The summed E-state index contributed by atoms with van der Waals surface area (Å²) in [5.41, 5.74) is 0. The van der Waals surface area contributed by atoms with Gasteiger partial charge < -0.3 is 39.9 Å². The predicted molar refractivity (Wildman–Crippen MR) is 221 cm³/mol. The molecule has 6 atom stereocenters. The lowest BCUT2D eigenvalue weighted by molar-refractivity contribution is -0.220. The Morgan fingerprint density at radius 3 is 1.52 bits per heavy atom. The highest BCUT2D eigenvalue weighted by molar-refractivity contribution is 7.47. The molecule has 1 saturated carbocycles. The molecule has 1 rings (SSSR count). The Bertz CT molecular complexity index is 1070. The lowest BCUT2D eigenvalue weighted by Crippen LogP contribution is -2.64. The molecule has 328 valence electrons. The minimum Gasteiger partial charge on any atom is -0.457 e. The zero-order chi connectivity index (χ0) is 41.3. The van der Waals surface area contributed by atoms with Gasteiger partial charge in [0.15, 0.2) is 0 Å². The van der Waals surface area contributed by atoms with Crippen LogP contribution in [0.1, 0.15) is 168 Å². The van der Waals surface area contributed by atoms with Crippen LogP contribution >= 0.6 is 7.82 Å². The van der Waals surface area contributed by atoms with Gasteiger partial charge in [0.25, 0.3) is 0 Å². The summed E-state index contributed by atoms with van der Waals surface area (Å²) in [7, 11) is -5.01. The molecule has 0 aromatic carbocycles. The topological polar surface area (TPSA) is 192 Å². The summed E-state index contributed by atoms with van der Waals surface area (Å²) in [5.74, 6) is -0.489. The van der Waals surface area contributed by atoms with E-state index in [4.69, 9.17) is 18.5 Å². The number of ether oxygens (including phenoxy) is 2. The van der Waals surface area contributed by atoms with Gasteiger partial charge in [0.2, 0.25) is 0 Å². The molecule has 0 aromatic heterocycles. The smallest absolute Gasteiger partial charge is 0.457 e. The number of aliphatic hydroxyl groups excluding tert-OH is 5. The van der Waals surface area contributed by atoms with E-state index in [1.807, 2.05) is 0 Å². The van der Waals surface area contributed by atoms with Crippen LogP contribution in [0.4, 0.5) is 0 Å². The Kier molecular flexibility index (Phi) is 32.3. The van der Waals surface area contributed by atoms with Gasteiger partial charge in [0.05, 0.1) is 13.2 Å². The van der Waals surface area contributed by atoms with Gasteiger partial charge in [-0.2, -0.15) is 0 Å². The number of aliphatic hydroxyl groups is 5. The average Bonchev–Trinajstić information content (AvgIpc) is 3.18. The Labute approximate surface area is 338 Å². The maximum absolute atomic E-state index is 12.7. The number of phosphoric acid groups is 1. The van der Waals surface area contributed by atoms with Crippen molar-refractivity contribution in [2.75, 3.05) is 19.8 Å². The predicted octanol–water partition coefficient (Wildman–Crippen LogP) is 8.31. The molecule has 1 aliphatic rings. The highest BCUT2D eigenvalue weighted by atomic mass is 31.2. The summed E-state index contributed by atoms with van der Waals surface area (Å²) in [6, 6.07) is 0. The van der Waals surface area contributed by atoms with Crippen LogP contribution in [0.3, 0.4) is 0 Å². The van der Waals surface area contributed by atoms with Crippen LogP contribution in [0.5, 0.6) is 0 Å². The standard InChI is InChI=1S/C43H79O12P/c1-3-5-7-9-11-12-13-14-15-16-17-18-19-20-21-22-23-24-25-27-29-31-33-52-34-36(54-37(44)32-30-28-26-10-8-6-4-2)35-53-56(50,51)55-43-41(48)39(46)38(45)40(47)42(43)49/h13-14,16-17,19-20,36,38-43,45-49H,3-12,15,18,21-35H2,1-2H3,(H,50,51)/b14-13-,17-16-,20-19-. The van der Waals surface area contributed by atoms with Crippen LogP contribution in [0, 0.1) is 0 Å². The number of hydrogen-bond donors (Lipinski definition) is 6. The van der Waals surface area contributed by atoms with E-state index in [2.05, 4.69) is 50.3 Å². The Morgan fingerprint density at radius 2 is 1.00 bits per heavy atom. The molecule has 0 aliphatic heterocycles. The molecule has 0 aromatic rings. The average molecular weight is 819 g/mol. The van der Waals surface area contributed by atoms with Crippen molar-refractivity contribution in [3.8, 4) is 0 Å². The Morgan fingerprint density at radius 1 is 0.571 bits per heavy atom. The summed E-state index contributed by atoms with van der Waals surface area (Å²) in [6.07, 6.45) is 26.8. The monoisotopic (exact) mass is 819 g/mol. The first-order chi connectivity index (χ1) is 27.0. The fourth-order valence-electron chi connectivity index (χ4n) is 6.48. The molecule has 0 amide bonds. The number of rotatable bonds is 36. The quantitative estimate of drug-likeness (QED) is 0.0154. The minimum absolute atomic E-state index is 0.0827. The number of allylic oxidation sites excluding steroid dienone is 6. The van der Waals surface area contributed by atoms with E-state index in [0.717, 1.165) is 70.6 Å². The largest absolute Gasteiger partial charge is 0.472 e. The first-order valence-electron chi connectivity index (χ1n) is 21.8. The van der Waals surface area contributed by atoms with Crippen LogP contribution in [0.15, 0.2) is 36.5 Å². The molecule has 1 fully saturated rings. The van der Waals surface area contributed by atoms with Crippen molar-refractivity contribution in [1.29, 1.82) is 0 Å². The molecule has 6 unspecified atom stereocenters. The molecule has 56 heavy (non-hydrogen) atoms. The SMILES string of the molecule is CCCCCCC/C=C\C/C=C\C/C=C\CCCCCCCCCOCC(COP(=O)(O)OC1C(O)C(O)C(O)C(O)C1O)OC(=O)CCCCCCCCC. The van der Waals surface area contributed by atoms with Crippen LogP contribution in [-0.2, 0) is 27.9 Å². The van der Waals surface area contributed by atoms with Crippen molar-refractivity contribution in [2.45, 2.75) is 211 Å². The first-order valence-corrected chi connectivity index (χ1v) is 23.3. The molecule has 0 bridgehead atoms. The van der Waals surface area contributed by atoms with Crippen molar-refractivity contribution in [1.82, 2.24) is 0 Å². The van der Waals surface area contributed by atoms with E-state index >= 15 is 0 Å². The van der Waals surface area contributed by atoms with Crippen LogP contribution in [0.25, 0.3) is 0 Å². The van der Waals surface area contributed by atoms with Gasteiger partial charge in [-0.05, 0) is 51.4 Å². The van der Waals surface area contributed by atoms with Gasteiger partial charge in [-0.15, -0.1) is 0 Å². The second-order valence-electron chi connectivity index (χ2n) is 15.2. The zero-order valence-electron chi connectivity index (χ0n) is 34.7. The molecule has 13 heteroatoms. The summed E-state index contributed by atoms with van der Waals surface area (Å²) >= 11 is 0. The van der Waals surface area contributed by atoms with Gasteiger partial charge >= 0.3 is 13.8 Å². The lowest BCUT2D eigenvalue weighted by Gasteiger charge is -2.41. The van der Waals surface area contributed by atoms with Crippen molar-refractivity contribution < 1.29 is 58.3 Å². The summed E-state index contributed by atoms with van der Waals surface area (Å²) in [6.45, 7) is 4.15. The third kappa shape index (κ3) is 26.5. The highest BCUT2D eigenvalue weighted by Gasteiger charge is 2.51. The molecule has 6 N–H and O–H groups in total. The van der Waals surface area contributed by atoms with Gasteiger partial charge in [0.1, 0.15) is 42.7 Å². The summed E-state index contributed by atoms with van der Waals surface area (Å²) in [4.78, 5) is 22.9. The summed E-state index contributed by atoms with van der Waals surface area (Å²) in [5, 5.41) is 50.0. The van der Waals surface area contributed by atoms with E-state index < -0.39 is 63.1 Å². The number of phosphoric ester groups is 1. The van der Waals surface area contributed by atoms with E-state index in [1.165, 1.54) is 70.6 Å². The van der Waals surface area contributed by atoms with Crippen molar-refractivity contribution in [3.05, 3.63) is 36.5 Å². The number of esters is 1. The number of unbranched alkanes of at least 4 members (excludes halogenated alkanes) is 18. The molecule has 0 heterocycles. The van der Waals surface area contributed by atoms with Gasteiger partial charge in [-0.3, -0.25) is 13.8 Å². The Balaban J connectivity index is 2.32. The molecule has 0 spiro atoms. The van der Waals surface area contributed by atoms with E-state index in [-0.39, 0.29) is 13.0 Å². The molecule has 12 nitrogen and oxygen atoms in total. The van der Waals surface area contributed by atoms with Crippen molar-refractivity contribution >= 4 is 13.8 Å². The minimum atomic E-state index is -5.01. The van der Waals surface area contributed by atoms with Crippen LogP contribution < -0.4 is 0 Å². The molecule has 0 saturated heterocycles. The number of hydrogen-bond acceptors (Lipinski definition) is 11. The van der Waals surface area contributed by atoms with Crippen LogP contribution in [-0.4, -0.2) is 98.9 Å². The van der Waals surface area contributed by atoms with E-state index in [0.29, 0.717) is 13.0 Å². The Hall–Kier alpha value is -1.44. The summed E-state index contributed by atoms with van der Waals surface area (Å²) < 4.78 is 34.0. The third-order valence-corrected chi connectivity index (χ3v) is 11.0. The van der Waals surface area contributed by atoms with Crippen molar-refractivity contribution in [3.63, 3.8) is 0 Å². The normalized spacial score (nSPS) is 23.4. The fraction of sp³-hybridized carbons (Fsp3) is 0.837. The van der Waals surface area contributed by atoms with E-state index in [9.17, 15) is 39.8 Å². The van der Waals surface area contributed by atoms with Crippen LogP contribution in [0.2, 0.25) is 0 Å². The van der Waals surface area contributed by atoms with E-state index in [1.54, 1.807) is 0 Å². The second kappa shape index (κ2) is 34.4. The maximum atomic E-state index is 12.7. The second-order valence-corrected chi connectivity index (χ2v) is 16.6. The lowest BCUT2D eigenvalue weighted by atomic mass is 9.85. The highest BCUT2D eigenvalue weighted by Crippen LogP contribution is 2.47. The zero-order valence-corrected chi connectivity index (χ0v) is 35.6. The van der Waals surface area contributed by atoms with Gasteiger partial charge in [-0.1, -0.05) is 147 Å². The molecular formula is C43H79O12P.